The normalized spacial score (nSPS) is 15.6. The fourth-order valence-electron chi connectivity index (χ4n) is 3.50. The Kier molecular flexibility index (Phi) is 6.53. The van der Waals surface area contributed by atoms with Gasteiger partial charge in [-0.1, -0.05) is 41.8 Å². The highest BCUT2D eigenvalue weighted by Gasteiger charge is 2.36. The summed E-state index contributed by atoms with van der Waals surface area (Å²) in [6.45, 7) is 2.76. The molecule has 6 nitrogen and oxygen atoms in total. The predicted octanol–water partition coefficient (Wildman–Crippen LogP) is 2.42. The first-order valence-corrected chi connectivity index (χ1v) is 9.80. The lowest BCUT2D eigenvalue weighted by Crippen LogP contribution is -2.39. The quantitative estimate of drug-likeness (QED) is 0.753. The molecule has 0 radical (unpaired) electrons. The van der Waals surface area contributed by atoms with Gasteiger partial charge in [-0.2, -0.15) is 0 Å². The maximum absolute atomic E-state index is 12.8. The van der Waals surface area contributed by atoms with Crippen LogP contribution in [-0.4, -0.2) is 47.7 Å². The molecule has 0 bridgehead atoms. The number of likely N-dealkylation sites (N-methyl/N-ethyl adjacent to an activating group) is 1. The van der Waals surface area contributed by atoms with Crippen molar-refractivity contribution in [2.45, 2.75) is 19.9 Å². The van der Waals surface area contributed by atoms with Crippen LogP contribution in [0.25, 0.3) is 0 Å². The first kappa shape index (κ1) is 21.1. The highest BCUT2D eigenvalue weighted by molar-refractivity contribution is 5.96. The van der Waals surface area contributed by atoms with Crippen molar-refractivity contribution in [1.82, 2.24) is 9.80 Å². The molecule has 30 heavy (non-hydrogen) atoms. The van der Waals surface area contributed by atoms with Crippen molar-refractivity contribution in [3.8, 4) is 12.3 Å². The third-order valence-corrected chi connectivity index (χ3v) is 5.13. The molecule has 6 heteroatoms. The van der Waals surface area contributed by atoms with E-state index in [2.05, 4.69) is 11.2 Å². The molecule has 0 saturated carbocycles. The second-order valence-corrected chi connectivity index (χ2v) is 7.63. The Morgan fingerprint density at radius 2 is 1.97 bits per heavy atom. The van der Waals surface area contributed by atoms with Gasteiger partial charge in [0.1, 0.15) is 0 Å². The van der Waals surface area contributed by atoms with Gasteiger partial charge in [-0.15, -0.1) is 6.42 Å². The van der Waals surface area contributed by atoms with Crippen molar-refractivity contribution >= 4 is 23.4 Å². The number of rotatable bonds is 6. The molecule has 3 rings (SSSR count). The Hall–Kier alpha value is -3.59. The van der Waals surface area contributed by atoms with E-state index < -0.39 is 5.92 Å². The van der Waals surface area contributed by atoms with E-state index in [0.29, 0.717) is 24.3 Å². The molecule has 0 aromatic heterocycles. The first-order chi connectivity index (χ1) is 14.4. The lowest BCUT2D eigenvalue weighted by Gasteiger charge is -2.21. The summed E-state index contributed by atoms with van der Waals surface area (Å²) in [5, 5.41) is 2.74. The van der Waals surface area contributed by atoms with Gasteiger partial charge in [0.05, 0.1) is 12.5 Å². The summed E-state index contributed by atoms with van der Waals surface area (Å²) in [6, 6.07) is 14.9. The van der Waals surface area contributed by atoms with Gasteiger partial charge >= 0.3 is 0 Å². The highest BCUT2D eigenvalue weighted by Crippen LogP contribution is 2.22. The van der Waals surface area contributed by atoms with Gasteiger partial charge in [-0.3, -0.25) is 14.4 Å². The number of nitrogens with zero attached hydrogens (tertiary/aromatic N) is 2. The van der Waals surface area contributed by atoms with Gasteiger partial charge in [0.2, 0.25) is 17.7 Å². The van der Waals surface area contributed by atoms with Crippen molar-refractivity contribution in [1.29, 1.82) is 0 Å². The number of hydrogen-bond donors (Lipinski definition) is 1. The second kappa shape index (κ2) is 9.27. The third-order valence-electron chi connectivity index (χ3n) is 5.13. The molecular formula is C24H25N3O3. The summed E-state index contributed by atoms with van der Waals surface area (Å²) >= 11 is 0. The van der Waals surface area contributed by atoms with Gasteiger partial charge in [-0.25, -0.2) is 0 Å². The van der Waals surface area contributed by atoms with Gasteiger partial charge in [0, 0.05) is 37.8 Å². The second-order valence-electron chi connectivity index (χ2n) is 7.63. The number of hydrogen-bond acceptors (Lipinski definition) is 3. The van der Waals surface area contributed by atoms with Crippen LogP contribution in [0.3, 0.4) is 0 Å². The van der Waals surface area contributed by atoms with Crippen LogP contribution in [0.1, 0.15) is 23.1 Å². The molecule has 1 atom stereocenters. The average Bonchev–Trinajstić information content (AvgIpc) is 3.09. The van der Waals surface area contributed by atoms with E-state index in [-0.39, 0.29) is 30.7 Å². The van der Waals surface area contributed by atoms with Crippen molar-refractivity contribution in [2.75, 3.05) is 25.5 Å². The minimum atomic E-state index is -0.439. The molecule has 1 aliphatic heterocycles. The summed E-state index contributed by atoms with van der Waals surface area (Å²) in [5.74, 6) is 1.50. The zero-order chi connectivity index (χ0) is 21.7. The molecule has 154 valence electrons. The smallest absolute Gasteiger partial charge is 0.243 e. The predicted molar refractivity (Wildman–Crippen MR) is 115 cm³/mol. The van der Waals surface area contributed by atoms with Crippen LogP contribution in [0.5, 0.6) is 0 Å². The van der Waals surface area contributed by atoms with Crippen LogP contribution < -0.4 is 5.32 Å². The third kappa shape index (κ3) is 5.26. The lowest BCUT2D eigenvalue weighted by molar-refractivity contribution is -0.137. The standard InChI is InChI=1S/C24H25N3O3/c1-4-18-6-5-7-21(12-18)25-22(28)16-26(3)24(30)20-13-23(29)27(15-20)14-19-10-8-17(2)9-11-19/h1,5-12,20H,13-16H2,2-3H3,(H,25,28). The number of nitrogens with one attached hydrogen (secondary N) is 1. The minimum absolute atomic E-state index is 0.0436. The van der Waals surface area contributed by atoms with E-state index in [0.717, 1.165) is 11.1 Å². The van der Waals surface area contributed by atoms with Gasteiger partial charge in [-0.05, 0) is 30.7 Å². The Labute approximate surface area is 176 Å². The van der Waals surface area contributed by atoms with Gasteiger partial charge < -0.3 is 15.1 Å². The van der Waals surface area contributed by atoms with Crippen molar-refractivity contribution in [2.24, 2.45) is 5.92 Å². The molecule has 0 aliphatic carbocycles. The Balaban J connectivity index is 1.54. The summed E-state index contributed by atoms with van der Waals surface area (Å²) in [6.07, 6.45) is 5.54. The molecule has 2 aromatic rings. The fourth-order valence-corrected chi connectivity index (χ4v) is 3.50. The number of aryl methyl sites for hydroxylation is 1. The SMILES string of the molecule is C#Cc1cccc(NC(=O)CN(C)C(=O)C2CC(=O)N(Cc3ccc(C)cc3)C2)c1. The number of carbonyl (C=O) groups is 3. The van der Waals surface area contributed by atoms with Crippen molar-refractivity contribution in [3.05, 3.63) is 65.2 Å². The number of terminal acetylenes is 1. The van der Waals surface area contributed by atoms with E-state index in [1.165, 1.54) is 4.90 Å². The largest absolute Gasteiger partial charge is 0.338 e. The van der Waals surface area contributed by atoms with Crippen LogP contribution in [-0.2, 0) is 20.9 Å². The number of carbonyl (C=O) groups excluding carboxylic acids is 3. The van der Waals surface area contributed by atoms with Crippen LogP contribution in [0.2, 0.25) is 0 Å². The molecule has 1 heterocycles. The number of amides is 3. The fraction of sp³-hybridized carbons (Fsp3) is 0.292. The molecule has 1 saturated heterocycles. The average molecular weight is 403 g/mol. The molecule has 1 N–H and O–H groups in total. The van der Waals surface area contributed by atoms with Gasteiger partial charge in [0.25, 0.3) is 0 Å². The Morgan fingerprint density at radius 1 is 1.23 bits per heavy atom. The molecule has 1 unspecified atom stereocenters. The minimum Gasteiger partial charge on any atom is -0.338 e. The van der Waals surface area contributed by atoms with E-state index in [4.69, 9.17) is 6.42 Å². The summed E-state index contributed by atoms with van der Waals surface area (Å²) in [7, 11) is 1.58. The first-order valence-electron chi connectivity index (χ1n) is 9.80. The maximum Gasteiger partial charge on any atom is 0.243 e. The molecular weight excluding hydrogens is 378 g/mol. The van der Waals surface area contributed by atoms with E-state index >= 15 is 0 Å². The molecule has 1 aliphatic rings. The number of anilines is 1. The van der Waals surface area contributed by atoms with Crippen LogP contribution in [0, 0.1) is 25.2 Å². The molecule has 1 fully saturated rings. The van der Waals surface area contributed by atoms with Gasteiger partial charge in [0.15, 0.2) is 0 Å². The zero-order valence-electron chi connectivity index (χ0n) is 17.2. The molecule has 2 aromatic carbocycles. The monoisotopic (exact) mass is 403 g/mol. The Morgan fingerprint density at radius 3 is 2.67 bits per heavy atom. The molecule has 3 amide bonds. The number of likely N-dealkylation sites (tertiary alicyclic amines) is 1. The maximum atomic E-state index is 12.8. The van der Waals surface area contributed by atoms with Crippen LogP contribution in [0.15, 0.2) is 48.5 Å². The summed E-state index contributed by atoms with van der Waals surface area (Å²) in [4.78, 5) is 40.5. The topological polar surface area (TPSA) is 69.7 Å². The zero-order valence-corrected chi connectivity index (χ0v) is 17.2. The van der Waals surface area contributed by atoms with Crippen molar-refractivity contribution < 1.29 is 14.4 Å². The summed E-state index contributed by atoms with van der Waals surface area (Å²) < 4.78 is 0. The van der Waals surface area contributed by atoms with Crippen LogP contribution in [0.4, 0.5) is 5.69 Å². The Bertz CT molecular complexity index is 992. The van der Waals surface area contributed by atoms with E-state index in [9.17, 15) is 14.4 Å². The molecule has 0 spiro atoms. The van der Waals surface area contributed by atoms with E-state index in [1.54, 1.807) is 36.2 Å². The highest BCUT2D eigenvalue weighted by atomic mass is 16.2. The lowest BCUT2D eigenvalue weighted by atomic mass is 10.1. The van der Waals surface area contributed by atoms with E-state index in [1.807, 2.05) is 31.2 Å². The summed E-state index contributed by atoms with van der Waals surface area (Å²) in [5.41, 5.74) is 3.43. The van der Waals surface area contributed by atoms with Crippen molar-refractivity contribution in [3.63, 3.8) is 0 Å². The number of benzene rings is 2. The van der Waals surface area contributed by atoms with Crippen LogP contribution >= 0.6 is 0 Å².